The van der Waals surface area contributed by atoms with Crippen LogP contribution in [0.25, 0.3) is 22.0 Å². The first-order chi connectivity index (χ1) is 8.75. The third-order valence-electron chi connectivity index (χ3n) is 3.44. The van der Waals surface area contributed by atoms with Gasteiger partial charge in [0, 0.05) is 11.6 Å². The van der Waals surface area contributed by atoms with Gasteiger partial charge in [-0.05, 0) is 54.3 Å². The van der Waals surface area contributed by atoms with Crippen LogP contribution >= 0.6 is 0 Å². The second-order valence-electron chi connectivity index (χ2n) is 4.68. The van der Waals surface area contributed by atoms with Crippen molar-refractivity contribution in [3.05, 3.63) is 65.9 Å². The predicted molar refractivity (Wildman–Crippen MR) is 76.7 cm³/mol. The Morgan fingerprint density at radius 1 is 0.833 bits per heavy atom. The van der Waals surface area contributed by atoms with Crippen molar-refractivity contribution in [2.75, 3.05) is 0 Å². The predicted octanol–water partition coefficient (Wildman–Crippen LogP) is 4.52. The molecule has 0 bridgehead atoms. The number of fused-ring (bicyclic) bond motifs is 1. The van der Waals surface area contributed by atoms with Crippen LogP contribution in [0.5, 0.6) is 0 Å². The first-order valence-electron chi connectivity index (χ1n) is 6.17. The monoisotopic (exact) mass is 233 g/mol. The van der Waals surface area contributed by atoms with Crippen molar-refractivity contribution >= 4 is 10.9 Å². The fourth-order valence-electron chi connectivity index (χ4n) is 2.27. The molecular formula is C17H15N. The number of nitrogens with zero attached hydrogens (tertiary/aromatic N) is 1. The lowest BCUT2D eigenvalue weighted by Crippen LogP contribution is -1.88. The molecular weight excluding hydrogens is 218 g/mol. The molecule has 0 saturated carbocycles. The number of hydrogen-bond donors (Lipinski definition) is 0. The first kappa shape index (κ1) is 11.0. The smallest absolute Gasteiger partial charge is 0.0711 e. The summed E-state index contributed by atoms with van der Waals surface area (Å²) in [5.74, 6) is 0. The molecule has 1 nitrogen and oxygen atoms in total. The maximum Gasteiger partial charge on any atom is 0.0711 e. The second kappa shape index (κ2) is 4.26. The third kappa shape index (κ3) is 1.78. The van der Waals surface area contributed by atoms with Gasteiger partial charge in [0.2, 0.25) is 0 Å². The van der Waals surface area contributed by atoms with Crippen LogP contribution in [-0.4, -0.2) is 4.98 Å². The minimum atomic E-state index is 1.07. The highest BCUT2D eigenvalue weighted by Gasteiger charge is 2.05. The van der Waals surface area contributed by atoms with Gasteiger partial charge in [-0.2, -0.15) is 0 Å². The van der Waals surface area contributed by atoms with E-state index in [4.69, 9.17) is 0 Å². The summed E-state index contributed by atoms with van der Waals surface area (Å²) in [5, 5.41) is 1.23. The molecule has 0 unspecified atom stereocenters. The van der Waals surface area contributed by atoms with Crippen LogP contribution in [0.1, 0.15) is 11.1 Å². The van der Waals surface area contributed by atoms with E-state index in [1.165, 1.54) is 27.6 Å². The van der Waals surface area contributed by atoms with Crippen LogP contribution in [0.3, 0.4) is 0 Å². The quantitative estimate of drug-likeness (QED) is 0.602. The Hall–Kier alpha value is -2.15. The summed E-state index contributed by atoms with van der Waals surface area (Å²) < 4.78 is 0. The molecule has 0 spiro atoms. The van der Waals surface area contributed by atoms with Gasteiger partial charge in [0.15, 0.2) is 0 Å². The van der Waals surface area contributed by atoms with Crippen LogP contribution in [0.4, 0.5) is 0 Å². The SMILES string of the molecule is Cc1cc2nccc(-c3ccccc3)c2cc1C. The molecule has 0 radical (unpaired) electrons. The number of rotatable bonds is 1. The molecule has 0 atom stereocenters. The van der Waals surface area contributed by atoms with Crippen LogP contribution in [0, 0.1) is 13.8 Å². The zero-order valence-electron chi connectivity index (χ0n) is 10.6. The molecule has 1 aromatic heterocycles. The Bertz CT molecular complexity index is 699. The van der Waals surface area contributed by atoms with Crippen LogP contribution in [-0.2, 0) is 0 Å². The average Bonchev–Trinajstić information content (AvgIpc) is 2.40. The van der Waals surface area contributed by atoms with E-state index in [9.17, 15) is 0 Å². The van der Waals surface area contributed by atoms with Gasteiger partial charge >= 0.3 is 0 Å². The highest BCUT2D eigenvalue weighted by Crippen LogP contribution is 2.28. The molecule has 88 valence electrons. The number of hydrogen-bond acceptors (Lipinski definition) is 1. The summed E-state index contributed by atoms with van der Waals surface area (Å²) in [6.07, 6.45) is 1.89. The zero-order valence-corrected chi connectivity index (χ0v) is 10.6. The van der Waals surface area contributed by atoms with Gasteiger partial charge < -0.3 is 0 Å². The lowest BCUT2D eigenvalue weighted by atomic mass is 9.98. The average molecular weight is 233 g/mol. The maximum absolute atomic E-state index is 4.47. The topological polar surface area (TPSA) is 12.9 Å². The standard InChI is InChI=1S/C17H15N/c1-12-10-16-15(14-6-4-3-5-7-14)8-9-18-17(16)11-13(12)2/h3-11H,1-2H3. The first-order valence-corrected chi connectivity index (χ1v) is 6.17. The van der Waals surface area contributed by atoms with Gasteiger partial charge in [-0.1, -0.05) is 30.3 Å². The fourth-order valence-corrected chi connectivity index (χ4v) is 2.27. The van der Waals surface area contributed by atoms with E-state index < -0.39 is 0 Å². The summed E-state index contributed by atoms with van der Waals surface area (Å²) in [6, 6.07) is 17.0. The van der Waals surface area contributed by atoms with Crippen LogP contribution < -0.4 is 0 Å². The summed E-state index contributed by atoms with van der Waals surface area (Å²) in [5.41, 5.74) is 6.17. The number of aryl methyl sites for hydroxylation is 2. The van der Waals surface area contributed by atoms with Crippen molar-refractivity contribution in [2.45, 2.75) is 13.8 Å². The van der Waals surface area contributed by atoms with E-state index in [-0.39, 0.29) is 0 Å². The van der Waals surface area contributed by atoms with Crippen molar-refractivity contribution in [1.82, 2.24) is 4.98 Å². The lowest BCUT2D eigenvalue weighted by Gasteiger charge is -2.08. The molecule has 0 aliphatic heterocycles. The largest absolute Gasteiger partial charge is 0.256 e. The molecule has 2 aromatic carbocycles. The number of benzene rings is 2. The lowest BCUT2D eigenvalue weighted by molar-refractivity contribution is 1.33. The Labute approximate surface area is 107 Å². The minimum Gasteiger partial charge on any atom is -0.256 e. The Balaban J connectivity index is 2.34. The van der Waals surface area contributed by atoms with Gasteiger partial charge in [0.1, 0.15) is 0 Å². The molecule has 1 heterocycles. The van der Waals surface area contributed by atoms with Gasteiger partial charge in [0.25, 0.3) is 0 Å². The van der Waals surface area contributed by atoms with Gasteiger partial charge in [-0.25, -0.2) is 0 Å². The van der Waals surface area contributed by atoms with Crippen LogP contribution in [0.15, 0.2) is 54.7 Å². The number of aromatic nitrogens is 1. The van der Waals surface area contributed by atoms with Crippen LogP contribution in [0.2, 0.25) is 0 Å². The molecule has 0 saturated heterocycles. The van der Waals surface area contributed by atoms with Gasteiger partial charge in [-0.3, -0.25) is 4.98 Å². The summed E-state index contributed by atoms with van der Waals surface area (Å²) >= 11 is 0. The highest BCUT2D eigenvalue weighted by atomic mass is 14.6. The highest BCUT2D eigenvalue weighted by molar-refractivity contribution is 5.95. The maximum atomic E-state index is 4.47. The second-order valence-corrected chi connectivity index (χ2v) is 4.68. The molecule has 1 heteroatoms. The van der Waals surface area contributed by atoms with Gasteiger partial charge in [-0.15, -0.1) is 0 Å². The van der Waals surface area contributed by atoms with Crippen molar-refractivity contribution in [3.63, 3.8) is 0 Å². The van der Waals surface area contributed by atoms with Crippen molar-refractivity contribution in [2.24, 2.45) is 0 Å². The van der Waals surface area contributed by atoms with Crippen molar-refractivity contribution in [1.29, 1.82) is 0 Å². The zero-order chi connectivity index (χ0) is 12.5. The molecule has 3 rings (SSSR count). The molecule has 0 amide bonds. The normalized spacial score (nSPS) is 10.8. The van der Waals surface area contributed by atoms with E-state index in [2.05, 4.69) is 61.3 Å². The fraction of sp³-hybridized carbons (Fsp3) is 0.118. The number of pyridine rings is 1. The van der Waals surface area contributed by atoms with Gasteiger partial charge in [0.05, 0.1) is 5.52 Å². The van der Waals surface area contributed by atoms with E-state index in [1.54, 1.807) is 0 Å². The summed E-state index contributed by atoms with van der Waals surface area (Å²) in [6.45, 7) is 4.28. The third-order valence-corrected chi connectivity index (χ3v) is 3.44. The minimum absolute atomic E-state index is 1.07. The summed E-state index contributed by atoms with van der Waals surface area (Å²) in [7, 11) is 0. The Kier molecular flexibility index (Phi) is 2.60. The molecule has 0 fully saturated rings. The van der Waals surface area contributed by atoms with Crippen molar-refractivity contribution in [3.8, 4) is 11.1 Å². The molecule has 3 aromatic rings. The molecule has 0 aliphatic rings. The summed E-state index contributed by atoms with van der Waals surface area (Å²) in [4.78, 5) is 4.47. The van der Waals surface area contributed by atoms with E-state index in [0.29, 0.717) is 0 Å². The van der Waals surface area contributed by atoms with Crippen molar-refractivity contribution < 1.29 is 0 Å². The Morgan fingerprint density at radius 3 is 2.33 bits per heavy atom. The molecule has 0 aliphatic carbocycles. The molecule has 0 N–H and O–H groups in total. The van der Waals surface area contributed by atoms with E-state index in [0.717, 1.165) is 5.52 Å². The van der Waals surface area contributed by atoms with E-state index >= 15 is 0 Å². The van der Waals surface area contributed by atoms with E-state index in [1.807, 2.05) is 12.3 Å². The Morgan fingerprint density at radius 2 is 1.56 bits per heavy atom. The molecule has 18 heavy (non-hydrogen) atoms.